The predicted octanol–water partition coefficient (Wildman–Crippen LogP) is 0.672. The van der Waals surface area contributed by atoms with E-state index in [2.05, 4.69) is 19.7 Å². The lowest BCUT2D eigenvalue weighted by Crippen LogP contribution is -1.82. The van der Waals surface area contributed by atoms with Crippen molar-refractivity contribution >= 4 is 24.0 Å². The van der Waals surface area contributed by atoms with Crippen molar-refractivity contribution in [1.29, 1.82) is 5.41 Å². The molecule has 0 bridgehead atoms. The maximum absolute atomic E-state index is 9.25. The molecule has 0 saturated heterocycles. The normalized spacial score (nSPS) is 5.78. The van der Waals surface area contributed by atoms with Crippen LogP contribution in [0.15, 0.2) is 38.0 Å². The van der Waals surface area contributed by atoms with Gasteiger partial charge in [-0.05, 0) is 0 Å². The minimum Gasteiger partial charge on any atom is -0.478 e. The highest BCUT2D eigenvalue weighted by Gasteiger charge is 1.74. The van der Waals surface area contributed by atoms with Gasteiger partial charge in [0.05, 0.1) is 0 Å². The second kappa shape index (κ2) is 23.7. The van der Waals surface area contributed by atoms with Crippen molar-refractivity contribution in [1.82, 2.24) is 0 Å². The number of hydrogen-bond acceptors (Lipinski definition) is 5. The molecule has 0 aliphatic carbocycles. The summed E-state index contributed by atoms with van der Waals surface area (Å²) in [6.45, 7) is 8.88. The number of carboxylic acid groups (broad SMARTS) is 3. The lowest BCUT2D eigenvalue weighted by molar-refractivity contribution is -0.132. The molecule has 0 saturated carbocycles. The van der Waals surface area contributed by atoms with Crippen LogP contribution in [0.1, 0.15) is 0 Å². The summed E-state index contributed by atoms with van der Waals surface area (Å²) >= 11 is 0. The summed E-state index contributed by atoms with van der Waals surface area (Å²) in [7, 11) is 0. The number of nitrogens with one attached hydrogen (secondary N) is 1. The predicted molar refractivity (Wildman–Crippen MR) is 61.9 cm³/mol. The number of rotatable bonds is 3. The van der Waals surface area contributed by atoms with Gasteiger partial charge < -0.3 is 15.3 Å². The Morgan fingerprint density at radius 1 is 0.833 bits per heavy atom. The second-order valence-electron chi connectivity index (χ2n) is 1.73. The van der Waals surface area contributed by atoms with E-state index >= 15 is 0 Å². The zero-order valence-corrected chi connectivity index (χ0v) is 9.33. The van der Waals surface area contributed by atoms with E-state index in [1.807, 2.05) is 0 Å². The van der Waals surface area contributed by atoms with Gasteiger partial charge in [-0.2, -0.15) is 0 Å². The fourth-order valence-electron chi connectivity index (χ4n) is 0. The molecule has 0 spiro atoms. The van der Waals surface area contributed by atoms with E-state index in [0.717, 1.165) is 24.3 Å². The fraction of sp³-hybridized carbons (Fsp3) is 0. The Labute approximate surface area is 103 Å². The van der Waals surface area contributed by atoms with Crippen LogP contribution in [0.2, 0.25) is 0 Å². The van der Waals surface area contributed by atoms with E-state index in [-0.39, 0.29) is 0 Å². The van der Waals surface area contributed by atoms with Gasteiger partial charge in [0, 0.05) is 18.2 Å². The Hall–Kier alpha value is -2.99. The van der Waals surface area contributed by atoms with Crippen molar-refractivity contribution in [2.75, 3.05) is 0 Å². The number of carboxylic acids is 3. The summed E-state index contributed by atoms with van der Waals surface area (Å²) in [4.78, 5) is 36.1. The third-order valence-corrected chi connectivity index (χ3v) is 0.524. The van der Waals surface area contributed by atoms with Crippen LogP contribution in [0.4, 0.5) is 0 Å². The first-order chi connectivity index (χ1) is 8.22. The third-order valence-electron chi connectivity index (χ3n) is 0.524. The maximum atomic E-state index is 9.25. The van der Waals surface area contributed by atoms with Gasteiger partial charge in [-0.25, -0.2) is 24.6 Å². The zero-order valence-electron chi connectivity index (χ0n) is 9.33. The summed E-state index contributed by atoms with van der Waals surface area (Å²) in [6.07, 6.45) is 3.25. The molecule has 0 aromatic carbocycles. The molecule has 0 rings (SSSR count). The van der Waals surface area contributed by atoms with E-state index < -0.39 is 17.9 Å². The summed E-state index contributed by atoms with van der Waals surface area (Å²) in [5.41, 5.74) is 0. The molecule has 18 heavy (non-hydrogen) atoms. The molecule has 0 heterocycles. The van der Waals surface area contributed by atoms with Crippen molar-refractivity contribution < 1.29 is 34.5 Å². The topological polar surface area (TPSA) is 153 Å². The Bertz CT molecular complexity index is 284. The summed E-state index contributed by atoms with van der Waals surface area (Å²) in [6, 6.07) is 0. The van der Waals surface area contributed by atoms with Crippen molar-refractivity contribution in [3.8, 4) is 0 Å². The largest absolute Gasteiger partial charge is 0.478 e. The molecular weight excluding hydrogens is 246 g/mol. The number of carbonyl (C=O) groups excluding carboxylic acids is 1. The molecule has 0 unspecified atom stereocenters. The van der Waals surface area contributed by atoms with Crippen LogP contribution in [0, 0.1) is 5.41 Å². The van der Waals surface area contributed by atoms with Crippen molar-refractivity contribution in [2.45, 2.75) is 0 Å². The van der Waals surface area contributed by atoms with Crippen molar-refractivity contribution in [3.63, 3.8) is 0 Å². The smallest absolute Gasteiger partial charge is 0.327 e. The van der Waals surface area contributed by atoms with Gasteiger partial charge >= 0.3 is 17.9 Å². The molecule has 0 atom stereocenters. The van der Waals surface area contributed by atoms with Crippen LogP contribution in [-0.2, 0) is 19.2 Å². The molecular formula is C10H13NO7. The Morgan fingerprint density at radius 2 is 0.889 bits per heavy atom. The van der Waals surface area contributed by atoms with Gasteiger partial charge in [0.2, 0.25) is 6.08 Å². The second-order valence-corrected chi connectivity index (χ2v) is 1.73. The molecule has 8 nitrogen and oxygen atoms in total. The van der Waals surface area contributed by atoms with Crippen LogP contribution in [0.25, 0.3) is 0 Å². The minimum atomic E-state index is -0.981. The lowest BCUT2D eigenvalue weighted by Gasteiger charge is -1.64. The first kappa shape index (κ1) is 24.3. The quantitative estimate of drug-likeness (QED) is 0.330. The third kappa shape index (κ3) is 207. The first-order valence-electron chi connectivity index (χ1n) is 3.83. The molecule has 0 fully saturated rings. The molecule has 8 heteroatoms. The van der Waals surface area contributed by atoms with E-state index in [1.54, 1.807) is 0 Å². The standard InChI is InChI=1S/3C3H4O2.CHNO/c3*1-2-3(4)5;2-1-3/h3*2H,1H2,(H,4,5);2H. The molecule has 100 valence electrons. The highest BCUT2D eigenvalue weighted by Crippen LogP contribution is 1.55. The number of isocyanates is 1. The average molecular weight is 259 g/mol. The van der Waals surface area contributed by atoms with E-state index in [1.165, 1.54) is 0 Å². The Morgan fingerprint density at radius 3 is 0.889 bits per heavy atom. The number of carbonyl (C=O) groups is 3. The van der Waals surface area contributed by atoms with Crippen LogP contribution in [0.5, 0.6) is 0 Å². The van der Waals surface area contributed by atoms with E-state index in [9.17, 15) is 14.4 Å². The van der Waals surface area contributed by atoms with Gasteiger partial charge in [-0.15, -0.1) is 0 Å². The Balaban J connectivity index is -0.0000000739. The van der Waals surface area contributed by atoms with Crippen LogP contribution in [0.3, 0.4) is 0 Å². The highest BCUT2D eigenvalue weighted by atomic mass is 16.4. The van der Waals surface area contributed by atoms with Crippen molar-refractivity contribution in [3.05, 3.63) is 38.0 Å². The first-order valence-corrected chi connectivity index (χ1v) is 3.83. The summed E-state index contributed by atoms with van der Waals surface area (Å²) in [5.74, 6) is -2.94. The zero-order chi connectivity index (χ0) is 15.6. The molecule has 0 aromatic rings. The average Bonchev–Trinajstić information content (AvgIpc) is 2.31. The molecule has 0 aromatic heterocycles. The van der Waals surface area contributed by atoms with E-state index in [4.69, 9.17) is 25.5 Å². The SMILES string of the molecule is C=CC(=O)O.C=CC(=O)O.C=CC(=O)O.N=C=O. The molecule has 0 radical (unpaired) electrons. The monoisotopic (exact) mass is 259 g/mol. The Kier molecular flexibility index (Phi) is 32.0. The molecule has 0 aliphatic rings. The number of hydrogen-bond donors (Lipinski definition) is 4. The maximum Gasteiger partial charge on any atom is 0.327 e. The summed E-state index contributed by atoms with van der Waals surface area (Å²) < 4.78 is 0. The van der Waals surface area contributed by atoms with Gasteiger partial charge in [0.1, 0.15) is 0 Å². The van der Waals surface area contributed by atoms with E-state index in [0.29, 0.717) is 0 Å². The van der Waals surface area contributed by atoms with Crippen molar-refractivity contribution in [2.24, 2.45) is 0 Å². The van der Waals surface area contributed by atoms with Gasteiger partial charge in [-0.1, -0.05) is 19.7 Å². The van der Waals surface area contributed by atoms with Crippen LogP contribution >= 0.6 is 0 Å². The van der Waals surface area contributed by atoms with Gasteiger partial charge in [0.15, 0.2) is 0 Å². The van der Waals surface area contributed by atoms with Crippen LogP contribution < -0.4 is 0 Å². The molecule has 0 aliphatic heterocycles. The number of aliphatic carboxylic acids is 3. The lowest BCUT2D eigenvalue weighted by atomic mass is 10.7. The summed E-state index contributed by atoms with van der Waals surface area (Å²) in [5, 5.41) is 28.2. The molecule has 0 amide bonds. The highest BCUT2D eigenvalue weighted by molar-refractivity contribution is 5.79. The van der Waals surface area contributed by atoms with Gasteiger partial charge in [0.25, 0.3) is 0 Å². The van der Waals surface area contributed by atoms with Gasteiger partial charge in [-0.3, -0.25) is 0 Å². The fourth-order valence-corrected chi connectivity index (χ4v) is 0. The molecule has 4 N–H and O–H groups in total. The minimum absolute atomic E-state index is 0.750. The van der Waals surface area contributed by atoms with Crippen LogP contribution in [-0.4, -0.2) is 39.3 Å².